The zero-order chi connectivity index (χ0) is 76.0. The van der Waals surface area contributed by atoms with E-state index >= 15 is 0 Å². The predicted octanol–water partition coefficient (Wildman–Crippen LogP) is -4.99. The maximum atomic E-state index is 14.7. The van der Waals surface area contributed by atoms with Gasteiger partial charge in [0.1, 0.15) is 66.5 Å². The van der Waals surface area contributed by atoms with Gasteiger partial charge in [0, 0.05) is 19.3 Å². The summed E-state index contributed by atoms with van der Waals surface area (Å²) in [5.74, 6) is -15.8. The first-order chi connectivity index (χ1) is 48.5. The molecule has 0 aliphatic carbocycles. The Labute approximate surface area is 591 Å². The highest BCUT2D eigenvalue weighted by molar-refractivity contribution is 5.99. The molecule has 12 amide bonds. The molecular weight excluding hydrogens is 1330 g/mol. The molecule has 34 heteroatoms. The van der Waals surface area contributed by atoms with Gasteiger partial charge in [-0.25, -0.2) is 4.79 Å². The Balaban J connectivity index is 1.84. The fraction of sp³-hybridized carbons (Fsp3) is 0.529. The van der Waals surface area contributed by atoms with Crippen LogP contribution < -0.4 is 81.0 Å². The molecule has 3 rings (SSSR count). The van der Waals surface area contributed by atoms with Gasteiger partial charge in [0.15, 0.2) is 0 Å². The molecule has 13 atom stereocenters. The average molecular weight is 1430 g/mol. The van der Waals surface area contributed by atoms with Gasteiger partial charge in [-0.05, 0) is 87.1 Å². The summed E-state index contributed by atoms with van der Waals surface area (Å²) < 4.78 is 0. The van der Waals surface area contributed by atoms with Gasteiger partial charge >= 0.3 is 11.9 Å². The largest absolute Gasteiger partial charge is 0.481 e. The van der Waals surface area contributed by atoms with Gasteiger partial charge in [0.2, 0.25) is 70.9 Å². The van der Waals surface area contributed by atoms with Crippen LogP contribution in [0.5, 0.6) is 0 Å². The standard InChI is InChI=1S/C68H101N15O19/c1-6-39(4)56(81-53(88)35-73-60(93)50(33-54(89)90)77-58(91)44(71)36-84)66(99)79-47(30-41-20-10-7-11-21-41)59(92)72-34-52(87)74-51(37-85)64(97)83-57(40(5)86)67(100)80-48(31-42-22-12-8-13-23-42)62(95)78-49(32-43-24-14-9-15-25-43)63(96)82-55(38(2)3)65(98)75-45(26-16-18-28-69)61(94)76-46(68(101)102)27-17-19-29-70/h7-15,20-25,38-40,44-51,55-57,84-86H,6,16-19,26-37,69-71H2,1-5H3,(H,72,92)(H,73,93)(H,74,87)(H,75,98)(H,76,94)(H,77,91)(H,78,95)(H,79,99)(H,80,100)(H,81,88)(H,82,96)(H,83,97)(H,89,90)(H,101,102)/t39-,40+,44-,45-,46-,47-,48-,49-,50-,51-,55-,56-,57-/m0/s1. The maximum Gasteiger partial charge on any atom is 0.326 e. The molecule has 0 spiro atoms. The fourth-order valence-electron chi connectivity index (χ4n) is 10.2. The monoisotopic (exact) mass is 1430 g/mol. The number of nitrogens with one attached hydrogen (secondary N) is 12. The zero-order valence-electron chi connectivity index (χ0n) is 57.9. The van der Waals surface area contributed by atoms with Gasteiger partial charge in [-0.3, -0.25) is 62.3 Å². The van der Waals surface area contributed by atoms with Crippen LogP contribution in [0.2, 0.25) is 0 Å². The van der Waals surface area contributed by atoms with E-state index in [0.29, 0.717) is 55.3 Å². The number of aliphatic hydroxyl groups is 3. The van der Waals surface area contributed by atoms with E-state index in [2.05, 4.69) is 63.8 Å². The number of aliphatic hydroxyl groups excluding tert-OH is 3. The van der Waals surface area contributed by atoms with E-state index in [1.807, 2.05) is 0 Å². The van der Waals surface area contributed by atoms with Gasteiger partial charge in [-0.15, -0.1) is 0 Å². The summed E-state index contributed by atoms with van der Waals surface area (Å²) in [6, 6.07) is 8.37. The molecule has 0 aromatic heterocycles. The number of carbonyl (C=O) groups is 14. The summed E-state index contributed by atoms with van der Waals surface area (Å²) in [6.07, 6.45) is -1.03. The molecule has 0 saturated heterocycles. The first-order valence-corrected chi connectivity index (χ1v) is 33.7. The minimum atomic E-state index is -1.89. The summed E-state index contributed by atoms with van der Waals surface area (Å²) in [7, 11) is 0. The first-order valence-electron chi connectivity index (χ1n) is 33.7. The Kier molecular flexibility index (Phi) is 38.6. The van der Waals surface area contributed by atoms with Gasteiger partial charge in [0.05, 0.1) is 38.8 Å². The topological polar surface area (TPSA) is 563 Å². The second kappa shape index (κ2) is 45.7. The lowest BCUT2D eigenvalue weighted by atomic mass is 9.97. The normalized spacial score (nSPS) is 14.9. The summed E-state index contributed by atoms with van der Waals surface area (Å²) in [5, 5.41) is 79.1. The number of carboxylic acids is 2. The molecule has 0 aliphatic rings. The summed E-state index contributed by atoms with van der Waals surface area (Å²) >= 11 is 0. The Bertz CT molecular complexity index is 3240. The SMILES string of the molecule is CC[C@H](C)[C@H](NC(=O)CNC(=O)[C@H](CC(=O)O)NC(=O)[C@@H](N)CO)C(=O)N[C@@H](Cc1ccccc1)C(=O)NCC(=O)N[C@@H](CO)C(=O)N[C@H](C(=O)N[C@@H](Cc1ccccc1)C(=O)N[C@@H](Cc1ccccc1)C(=O)N[C@H](C(=O)N[C@@H](CCCCN)C(=O)N[C@@H](CCCCN)C(=O)O)C(C)C)[C@@H](C)O. The average Bonchev–Trinajstić information content (AvgIpc) is 0.848. The summed E-state index contributed by atoms with van der Waals surface area (Å²) in [5.41, 5.74) is 18.4. The second-order valence-corrected chi connectivity index (χ2v) is 24.9. The van der Waals surface area contributed by atoms with E-state index in [1.54, 1.807) is 119 Å². The van der Waals surface area contributed by atoms with Crippen molar-refractivity contribution >= 4 is 82.8 Å². The quantitative estimate of drug-likeness (QED) is 0.0236. The van der Waals surface area contributed by atoms with Crippen molar-refractivity contribution in [1.82, 2.24) is 63.8 Å². The minimum absolute atomic E-state index is 0.0661. The second-order valence-electron chi connectivity index (χ2n) is 24.9. The van der Waals surface area contributed by atoms with Crippen molar-refractivity contribution < 1.29 is 92.7 Å². The van der Waals surface area contributed by atoms with Crippen LogP contribution in [0.15, 0.2) is 91.0 Å². The molecule has 34 nitrogen and oxygen atoms in total. The number of unbranched alkanes of at least 4 members (excludes halogenated alkanes) is 2. The third-order valence-electron chi connectivity index (χ3n) is 16.2. The highest BCUT2D eigenvalue weighted by Crippen LogP contribution is 2.14. The number of rotatable bonds is 47. The van der Waals surface area contributed by atoms with E-state index in [0.717, 1.165) is 6.92 Å². The van der Waals surface area contributed by atoms with Crippen LogP contribution >= 0.6 is 0 Å². The van der Waals surface area contributed by atoms with Crippen molar-refractivity contribution in [2.75, 3.05) is 39.4 Å². The third-order valence-corrected chi connectivity index (χ3v) is 16.2. The van der Waals surface area contributed by atoms with E-state index in [-0.39, 0.29) is 38.6 Å². The number of hydrogen-bond acceptors (Lipinski definition) is 20. The minimum Gasteiger partial charge on any atom is -0.481 e. The van der Waals surface area contributed by atoms with Crippen molar-refractivity contribution in [3.63, 3.8) is 0 Å². The molecule has 0 aliphatic heterocycles. The Morgan fingerprint density at radius 2 is 0.775 bits per heavy atom. The predicted molar refractivity (Wildman–Crippen MR) is 370 cm³/mol. The van der Waals surface area contributed by atoms with Crippen molar-refractivity contribution in [3.8, 4) is 0 Å². The van der Waals surface area contributed by atoms with Crippen molar-refractivity contribution in [3.05, 3.63) is 108 Å². The lowest BCUT2D eigenvalue weighted by molar-refractivity contribution is -0.142. The lowest BCUT2D eigenvalue weighted by Crippen LogP contribution is -2.62. The number of carboxylic acid groups (broad SMARTS) is 2. The van der Waals surface area contributed by atoms with Crippen LogP contribution in [-0.2, 0) is 86.4 Å². The van der Waals surface area contributed by atoms with Gasteiger partial charge in [-0.1, -0.05) is 125 Å². The number of hydrogen-bond donors (Lipinski definition) is 20. The van der Waals surface area contributed by atoms with Gasteiger partial charge < -0.3 is 107 Å². The van der Waals surface area contributed by atoms with Crippen molar-refractivity contribution in [2.24, 2.45) is 29.0 Å². The molecule has 0 saturated carbocycles. The van der Waals surface area contributed by atoms with E-state index in [4.69, 9.17) is 17.2 Å². The molecular formula is C68H101N15O19. The van der Waals surface area contributed by atoms with Gasteiger partial charge in [0.25, 0.3) is 0 Å². The summed E-state index contributed by atoms with van der Waals surface area (Å²) in [6.45, 7) is 4.63. The maximum absolute atomic E-state index is 14.7. The molecule has 23 N–H and O–H groups in total. The van der Waals surface area contributed by atoms with E-state index in [9.17, 15) is 92.7 Å². The third kappa shape index (κ3) is 30.9. The van der Waals surface area contributed by atoms with Crippen LogP contribution in [0, 0.1) is 11.8 Å². The number of carbonyl (C=O) groups excluding carboxylic acids is 12. The molecule has 0 radical (unpaired) electrons. The van der Waals surface area contributed by atoms with Crippen LogP contribution in [0.25, 0.3) is 0 Å². The lowest BCUT2D eigenvalue weighted by Gasteiger charge is -2.29. The van der Waals surface area contributed by atoms with Crippen LogP contribution in [-0.4, -0.2) is 220 Å². The van der Waals surface area contributed by atoms with Crippen LogP contribution in [0.1, 0.15) is 103 Å². The number of nitrogens with two attached hydrogens (primary N) is 3. The smallest absolute Gasteiger partial charge is 0.326 e. The zero-order valence-corrected chi connectivity index (χ0v) is 57.9. The van der Waals surface area contributed by atoms with Crippen molar-refractivity contribution in [2.45, 2.75) is 178 Å². The Morgan fingerprint density at radius 3 is 1.21 bits per heavy atom. The van der Waals surface area contributed by atoms with Crippen LogP contribution in [0.4, 0.5) is 0 Å². The molecule has 3 aromatic rings. The summed E-state index contributed by atoms with van der Waals surface area (Å²) in [4.78, 5) is 189. The Hall–Kier alpha value is -10.00. The van der Waals surface area contributed by atoms with Crippen LogP contribution in [0.3, 0.4) is 0 Å². The first kappa shape index (κ1) is 86.2. The molecule has 0 bridgehead atoms. The molecule has 0 fully saturated rings. The fourth-order valence-corrected chi connectivity index (χ4v) is 10.2. The van der Waals surface area contributed by atoms with Crippen molar-refractivity contribution in [1.29, 1.82) is 0 Å². The molecule has 0 heterocycles. The highest BCUT2D eigenvalue weighted by atomic mass is 16.4. The van der Waals surface area contributed by atoms with Gasteiger partial charge in [-0.2, -0.15) is 0 Å². The molecule has 562 valence electrons. The number of amides is 12. The molecule has 0 unspecified atom stereocenters. The highest BCUT2D eigenvalue weighted by Gasteiger charge is 2.38. The number of aliphatic carboxylic acids is 2. The number of benzene rings is 3. The Morgan fingerprint density at radius 1 is 0.402 bits per heavy atom. The van der Waals surface area contributed by atoms with E-state index < -0.39 is 200 Å². The molecule has 3 aromatic carbocycles. The molecule has 102 heavy (non-hydrogen) atoms. The van der Waals surface area contributed by atoms with E-state index in [1.165, 1.54) is 0 Å².